The fourth-order valence-electron chi connectivity index (χ4n) is 2.98. The van der Waals surface area contributed by atoms with Gasteiger partial charge in [-0.3, -0.25) is 0 Å². The molecule has 3 rings (SSSR count). The lowest BCUT2D eigenvalue weighted by molar-refractivity contribution is 0.296. The van der Waals surface area contributed by atoms with Crippen LogP contribution in [0.5, 0.6) is 11.5 Å². The Morgan fingerprint density at radius 3 is 2.38 bits per heavy atom. The molecule has 0 saturated heterocycles. The Bertz CT molecular complexity index is 864. The van der Waals surface area contributed by atoms with Gasteiger partial charge < -0.3 is 13.9 Å². The van der Waals surface area contributed by atoms with Gasteiger partial charge in [0.05, 0.1) is 17.3 Å². The molecule has 0 unspecified atom stereocenters. The fraction of sp³-hybridized carbons (Fsp3) is 0.400. The maximum atomic E-state index is 6.17. The van der Waals surface area contributed by atoms with Gasteiger partial charge in [0.25, 0.3) is 0 Å². The number of rotatable bonds is 6. The molecule has 4 heteroatoms. The number of aryl methyl sites for hydroxylation is 1. The quantitative estimate of drug-likeness (QED) is 0.333. The van der Waals surface area contributed by atoms with Crippen molar-refractivity contribution in [3.8, 4) is 11.5 Å². The predicted octanol–water partition coefficient (Wildman–Crippen LogP) is 6.32. The summed E-state index contributed by atoms with van der Waals surface area (Å²) in [4.78, 5) is 0. The second-order valence-electron chi connectivity index (χ2n) is 6.51. The van der Waals surface area contributed by atoms with Crippen LogP contribution in [0, 0.1) is 16.4 Å². The summed E-state index contributed by atoms with van der Waals surface area (Å²) in [6.45, 7) is 7.24. The summed E-state index contributed by atoms with van der Waals surface area (Å²) in [6.07, 6.45) is 2.25. The molecule has 1 heterocycles. The summed E-state index contributed by atoms with van der Waals surface area (Å²) in [6, 6.07) is 8.20. The first-order chi connectivity index (χ1) is 11.5. The van der Waals surface area contributed by atoms with Crippen molar-refractivity contribution in [2.24, 2.45) is 5.92 Å². The molecular weight excluding hydrogens is 415 g/mol. The highest BCUT2D eigenvalue weighted by molar-refractivity contribution is 14.1. The highest BCUT2D eigenvalue weighted by atomic mass is 127. The van der Waals surface area contributed by atoms with E-state index in [1.807, 2.05) is 19.1 Å². The minimum atomic E-state index is 0.712. The molecule has 1 aromatic heterocycles. The van der Waals surface area contributed by atoms with Crippen molar-refractivity contribution in [3.05, 3.63) is 33.4 Å². The van der Waals surface area contributed by atoms with Crippen LogP contribution < -0.4 is 9.47 Å². The van der Waals surface area contributed by atoms with E-state index in [-0.39, 0.29) is 0 Å². The zero-order valence-electron chi connectivity index (χ0n) is 14.6. The maximum Gasteiger partial charge on any atom is 0.152 e. The third-order valence-electron chi connectivity index (χ3n) is 4.32. The van der Waals surface area contributed by atoms with Gasteiger partial charge in [-0.1, -0.05) is 13.8 Å². The van der Waals surface area contributed by atoms with Crippen LogP contribution in [0.4, 0.5) is 0 Å². The molecule has 0 spiro atoms. The Labute approximate surface area is 156 Å². The Morgan fingerprint density at radius 1 is 1.04 bits per heavy atom. The number of fused-ring (bicyclic) bond motifs is 3. The number of ether oxygens (including phenoxy) is 2. The SMILES string of the molecule is COc1ccc2c(oc3c(I)c(OCCCC(C)C)ccc32)c1C. The van der Waals surface area contributed by atoms with E-state index in [0.29, 0.717) is 5.92 Å². The smallest absolute Gasteiger partial charge is 0.152 e. The Balaban J connectivity index is 1.96. The van der Waals surface area contributed by atoms with Crippen LogP contribution >= 0.6 is 22.6 Å². The number of halogens is 1. The van der Waals surface area contributed by atoms with Crippen LogP contribution in [-0.2, 0) is 0 Å². The van der Waals surface area contributed by atoms with Crippen LogP contribution in [0.1, 0.15) is 32.3 Å². The summed E-state index contributed by atoms with van der Waals surface area (Å²) in [5.74, 6) is 2.46. The van der Waals surface area contributed by atoms with Crippen molar-refractivity contribution in [1.82, 2.24) is 0 Å². The molecular formula is C20H23IO3. The highest BCUT2D eigenvalue weighted by Crippen LogP contribution is 2.39. The zero-order chi connectivity index (χ0) is 17.3. The first kappa shape index (κ1) is 17.4. The molecule has 0 aliphatic rings. The zero-order valence-corrected chi connectivity index (χ0v) is 16.8. The average molecular weight is 438 g/mol. The Hall–Kier alpha value is -1.43. The topological polar surface area (TPSA) is 31.6 Å². The number of hydrogen-bond acceptors (Lipinski definition) is 3. The fourth-order valence-corrected chi connectivity index (χ4v) is 3.71. The van der Waals surface area contributed by atoms with Crippen LogP contribution in [0.2, 0.25) is 0 Å². The van der Waals surface area contributed by atoms with Crippen molar-refractivity contribution in [1.29, 1.82) is 0 Å². The molecule has 0 fully saturated rings. The highest BCUT2D eigenvalue weighted by Gasteiger charge is 2.16. The Kier molecular flexibility index (Phi) is 5.23. The lowest BCUT2D eigenvalue weighted by Gasteiger charge is -2.09. The summed E-state index contributed by atoms with van der Waals surface area (Å²) in [5, 5.41) is 2.24. The van der Waals surface area contributed by atoms with Crippen molar-refractivity contribution in [3.63, 3.8) is 0 Å². The largest absolute Gasteiger partial charge is 0.496 e. The van der Waals surface area contributed by atoms with Crippen molar-refractivity contribution >= 4 is 44.5 Å². The molecule has 0 amide bonds. The van der Waals surface area contributed by atoms with E-state index in [4.69, 9.17) is 13.9 Å². The van der Waals surface area contributed by atoms with Crippen LogP contribution in [0.25, 0.3) is 21.9 Å². The normalized spacial score (nSPS) is 11.6. The molecule has 0 N–H and O–H groups in total. The third kappa shape index (κ3) is 3.21. The lowest BCUT2D eigenvalue weighted by Crippen LogP contribution is -2.00. The standard InChI is InChI=1S/C20H23IO3/c1-12(2)6-5-11-23-17-10-8-15-14-7-9-16(22-4)13(3)19(14)24-20(15)18(17)21/h7-10,12H,5-6,11H2,1-4H3. The van der Waals surface area contributed by atoms with Gasteiger partial charge in [-0.25, -0.2) is 0 Å². The van der Waals surface area contributed by atoms with Gasteiger partial charge >= 0.3 is 0 Å². The van der Waals surface area contributed by atoms with Crippen LogP contribution in [0.3, 0.4) is 0 Å². The molecule has 0 bridgehead atoms. The molecule has 0 saturated carbocycles. The molecule has 0 radical (unpaired) electrons. The first-order valence-electron chi connectivity index (χ1n) is 8.34. The second-order valence-corrected chi connectivity index (χ2v) is 7.59. The second kappa shape index (κ2) is 7.21. The molecule has 3 aromatic rings. The van der Waals surface area contributed by atoms with E-state index in [9.17, 15) is 0 Å². The summed E-state index contributed by atoms with van der Waals surface area (Å²) >= 11 is 2.32. The summed E-state index contributed by atoms with van der Waals surface area (Å²) in [7, 11) is 1.68. The van der Waals surface area contributed by atoms with E-state index < -0.39 is 0 Å². The average Bonchev–Trinajstić information content (AvgIpc) is 2.94. The van der Waals surface area contributed by atoms with E-state index in [2.05, 4.69) is 48.6 Å². The van der Waals surface area contributed by atoms with Crippen LogP contribution in [0.15, 0.2) is 28.7 Å². The number of furan rings is 1. The van der Waals surface area contributed by atoms with E-state index in [1.54, 1.807) is 7.11 Å². The molecule has 2 aromatic carbocycles. The molecule has 128 valence electrons. The van der Waals surface area contributed by atoms with Gasteiger partial charge in [0.1, 0.15) is 17.1 Å². The van der Waals surface area contributed by atoms with Gasteiger partial charge in [0, 0.05) is 16.3 Å². The van der Waals surface area contributed by atoms with Gasteiger partial charge in [-0.05, 0) is 72.5 Å². The summed E-state index contributed by atoms with van der Waals surface area (Å²) in [5.41, 5.74) is 2.81. The van der Waals surface area contributed by atoms with Crippen molar-refractivity contribution < 1.29 is 13.9 Å². The predicted molar refractivity (Wildman–Crippen MR) is 107 cm³/mol. The van der Waals surface area contributed by atoms with Crippen molar-refractivity contribution in [2.45, 2.75) is 33.6 Å². The van der Waals surface area contributed by atoms with Gasteiger partial charge in [0.15, 0.2) is 5.58 Å². The number of methoxy groups -OCH3 is 1. The van der Waals surface area contributed by atoms with E-state index in [1.165, 1.54) is 6.42 Å². The molecule has 0 aliphatic carbocycles. The minimum absolute atomic E-state index is 0.712. The third-order valence-corrected chi connectivity index (χ3v) is 5.34. The van der Waals surface area contributed by atoms with Gasteiger partial charge in [-0.15, -0.1) is 0 Å². The van der Waals surface area contributed by atoms with Crippen molar-refractivity contribution in [2.75, 3.05) is 13.7 Å². The minimum Gasteiger partial charge on any atom is -0.496 e. The van der Waals surface area contributed by atoms with Gasteiger partial charge in [0.2, 0.25) is 0 Å². The number of benzene rings is 2. The lowest BCUT2D eigenvalue weighted by atomic mass is 10.1. The van der Waals surface area contributed by atoms with Crippen LogP contribution in [-0.4, -0.2) is 13.7 Å². The maximum absolute atomic E-state index is 6.17. The monoisotopic (exact) mass is 438 g/mol. The van der Waals surface area contributed by atoms with E-state index >= 15 is 0 Å². The molecule has 0 atom stereocenters. The Morgan fingerprint density at radius 2 is 1.71 bits per heavy atom. The van der Waals surface area contributed by atoms with Gasteiger partial charge in [-0.2, -0.15) is 0 Å². The summed E-state index contributed by atoms with van der Waals surface area (Å²) < 4.78 is 18.6. The van der Waals surface area contributed by atoms with E-state index in [0.717, 1.165) is 55.6 Å². The first-order valence-corrected chi connectivity index (χ1v) is 9.42. The molecule has 0 aliphatic heterocycles. The molecule has 24 heavy (non-hydrogen) atoms. The number of hydrogen-bond donors (Lipinski definition) is 0. The molecule has 3 nitrogen and oxygen atoms in total.